The van der Waals surface area contributed by atoms with Crippen LogP contribution in [0, 0.1) is 6.92 Å². The van der Waals surface area contributed by atoms with Gasteiger partial charge in [0.15, 0.2) is 0 Å². The summed E-state index contributed by atoms with van der Waals surface area (Å²) in [6.45, 7) is 10.9. The van der Waals surface area contributed by atoms with Gasteiger partial charge in [-0.15, -0.1) is 6.58 Å². The SMILES string of the molecule is C=CCN1C(=O)C(=Cc2c(NCCCN3CCOCC3)nc3c(C)cccn3c2=O)SC1=S. The molecule has 8 nitrogen and oxygen atoms in total. The highest BCUT2D eigenvalue weighted by Gasteiger charge is 2.31. The van der Waals surface area contributed by atoms with E-state index in [1.54, 1.807) is 18.3 Å². The molecule has 2 aliphatic rings. The van der Waals surface area contributed by atoms with E-state index in [0.717, 1.165) is 44.8 Å². The molecule has 0 atom stereocenters. The molecule has 0 radical (unpaired) electrons. The normalized spacial score (nSPS) is 18.5. The summed E-state index contributed by atoms with van der Waals surface area (Å²) in [4.78, 5) is 35.2. The molecule has 2 aromatic heterocycles. The molecule has 1 N–H and O–H groups in total. The largest absolute Gasteiger partial charge is 0.379 e. The summed E-state index contributed by atoms with van der Waals surface area (Å²) < 4.78 is 7.37. The minimum atomic E-state index is -0.228. The smallest absolute Gasteiger partial charge is 0.267 e. The van der Waals surface area contributed by atoms with Gasteiger partial charge in [-0.05, 0) is 37.6 Å². The molecule has 0 aliphatic carbocycles. The number of anilines is 1. The van der Waals surface area contributed by atoms with E-state index >= 15 is 0 Å². The molecule has 4 rings (SSSR count). The molecule has 1 amide bonds. The first-order valence-electron chi connectivity index (χ1n) is 10.9. The summed E-state index contributed by atoms with van der Waals surface area (Å²) in [7, 11) is 0. The summed E-state index contributed by atoms with van der Waals surface area (Å²) in [5, 5.41) is 3.34. The Bertz CT molecular complexity index is 1170. The average Bonchev–Trinajstić information content (AvgIpc) is 3.08. The van der Waals surface area contributed by atoms with Crippen LogP contribution in [0.2, 0.25) is 0 Å². The first-order chi connectivity index (χ1) is 16.0. The molecule has 2 aliphatic heterocycles. The van der Waals surface area contributed by atoms with Gasteiger partial charge in [-0.25, -0.2) is 4.98 Å². The summed E-state index contributed by atoms with van der Waals surface area (Å²) >= 11 is 6.52. The number of rotatable bonds is 8. The zero-order valence-electron chi connectivity index (χ0n) is 18.6. The predicted molar refractivity (Wildman–Crippen MR) is 137 cm³/mol. The second-order valence-electron chi connectivity index (χ2n) is 7.88. The maximum absolute atomic E-state index is 13.4. The second-order valence-corrected chi connectivity index (χ2v) is 9.56. The standard InChI is InChI=1S/C23H27N5O3S2/c1-3-8-28-22(30)18(33-23(28)32)15-17-19(24-7-5-9-26-11-13-31-14-12-26)25-20-16(2)6-4-10-27(20)21(17)29/h3-4,6,10,15,24H,1,5,7-9,11-14H2,2H3. The van der Waals surface area contributed by atoms with Crippen LogP contribution in [0.15, 0.2) is 40.7 Å². The zero-order valence-corrected chi connectivity index (χ0v) is 20.2. The van der Waals surface area contributed by atoms with Crippen LogP contribution in [0.1, 0.15) is 17.5 Å². The lowest BCUT2D eigenvalue weighted by Gasteiger charge is -2.26. The fourth-order valence-electron chi connectivity index (χ4n) is 3.83. The van der Waals surface area contributed by atoms with Crippen LogP contribution < -0.4 is 10.9 Å². The number of fused-ring (bicyclic) bond motifs is 1. The van der Waals surface area contributed by atoms with Gasteiger partial charge in [0.25, 0.3) is 11.5 Å². The van der Waals surface area contributed by atoms with Gasteiger partial charge in [0.1, 0.15) is 15.8 Å². The first kappa shape index (κ1) is 23.6. The van der Waals surface area contributed by atoms with E-state index in [2.05, 4.69) is 16.8 Å². The monoisotopic (exact) mass is 485 g/mol. The summed E-state index contributed by atoms with van der Waals surface area (Å²) in [6.07, 6.45) is 5.83. The van der Waals surface area contributed by atoms with Crippen molar-refractivity contribution in [2.24, 2.45) is 0 Å². The number of thioether (sulfide) groups is 1. The molecule has 10 heteroatoms. The van der Waals surface area contributed by atoms with Crippen LogP contribution in [0.3, 0.4) is 0 Å². The van der Waals surface area contributed by atoms with Crippen molar-refractivity contribution in [3.8, 4) is 0 Å². The first-order valence-corrected chi connectivity index (χ1v) is 12.1. The third-order valence-corrected chi connectivity index (χ3v) is 6.97. The quantitative estimate of drug-likeness (QED) is 0.265. The Kier molecular flexibility index (Phi) is 7.59. The lowest BCUT2D eigenvalue weighted by Crippen LogP contribution is -2.37. The Balaban J connectivity index is 1.63. The summed E-state index contributed by atoms with van der Waals surface area (Å²) in [5.41, 5.74) is 1.61. The van der Waals surface area contributed by atoms with E-state index in [1.165, 1.54) is 21.1 Å². The number of carbonyl (C=O) groups excluding carboxylic acids is 1. The third kappa shape index (κ3) is 5.19. The van der Waals surface area contributed by atoms with Crippen molar-refractivity contribution in [1.29, 1.82) is 0 Å². The third-order valence-electron chi connectivity index (χ3n) is 5.59. The van der Waals surface area contributed by atoms with Gasteiger partial charge in [0.05, 0.1) is 23.7 Å². The fraction of sp³-hybridized carbons (Fsp3) is 0.391. The summed E-state index contributed by atoms with van der Waals surface area (Å²) in [5.74, 6) is 0.252. The number of thiocarbonyl (C=S) groups is 1. The Hall–Kier alpha value is -2.53. The molecule has 4 heterocycles. The van der Waals surface area contributed by atoms with Crippen LogP contribution in [0.25, 0.3) is 11.7 Å². The molecule has 0 bridgehead atoms. The maximum Gasteiger partial charge on any atom is 0.267 e. The van der Waals surface area contributed by atoms with Crippen molar-refractivity contribution in [3.63, 3.8) is 0 Å². The molecule has 0 unspecified atom stereocenters. The van der Waals surface area contributed by atoms with Crippen LogP contribution in [-0.2, 0) is 9.53 Å². The topological polar surface area (TPSA) is 79.2 Å². The Morgan fingerprint density at radius 1 is 1.33 bits per heavy atom. The minimum Gasteiger partial charge on any atom is -0.379 e. The predicted octanol–water partition coefficient (Wildman–Crippen LogP) is 2.52. The molecular weight excluding hydrogens is 458 g/mol. The van der Waals surface area contributed by atoms with Crippen LogP contribution >= 0.6 is 24.0 Å². The number of morpholine rings is 1. The Morgan fingerprint density at radius 2 is 2.12 bits per heavy atom. The Labute approximate surface area is 202 Å². The molecular formula is C23H27N5O3S2. The molecule has 0 saturated carbocycles. The van der Waals surface area contributed by atoms with Gasteiger partial charge in [-0.3, -0.25) is 23.8 Å². The zero-order chi connectivity index (χ0) is 23.4. The molecule has 2 aromatic rings. The minimum absolute atomic E-state index is 0.225. The highest BCUT2D eigenvalue weighted by Crippen LogP contribution is 2.33. The lowest BCUT2D eigenvalue weighted by molar-refractivity contribution is -0.121. The molecule has 0 aromatic carbocycles. The van der Waals surface area contributed by atoms with E-state index in [-0.39, 0.29) is 11.5 Å². The van der Waals surface area contributed by atoms with E-state index in [9.17, 15) is 9.59 Å². The number of carbonyl (C=O) groups is 1. The van der Waals surface area contributed by atoms with E-state index in [1.807, 2.05) is 19.1 Å². The van der Waals surface area contributed by atoms with Gasteiger partial charge >= 0.3 is 0 Å². The number of pyridine rings is 1. The second kappa shape index (κ2) is 10.6. The highest BCUT2D eigenvalue weighted by atomic mass is 32.2. The van der Waals surface area contributed by atoms with Crippen molar-refractivity contribution in [2.75, 3.05) is 51.3 Å². The van der Waals surface area contributed by atoms with Gasteiger partial charge in [-0.2, -0.15) is 0 Å². The number of aromatic nitrogens is 2. The molecule has 33 heavy (non-hydrogen) atoms. The molecule has 2 saturated heterocycles. The van der Waals surface area contributed by atoms with Crippen molar-refractivity contribution in [1.82, 2.24) is 19.2 Å². The fourth-order valence-corrected chi connectivity index (χ4v) is 5.09. The molecule has 2 fully saturated rings. The number of ether oxygens (including phenoxy) is 1. The van der Waals surface area contributed by atoms with E-state index in [0.29, 0.717) is 39.3 Å². The Morgan fingerprint density at radius 3 is 2.88 bits per heavy atom. The van der Waals surface area contributed by atoms with Gasteiger partial charge in [0.2, 0.25) is 0 Å². The molecule has 0 spiro atoms. The average molecular weight is 486 g/mol. The molecule has 174 valence electrons. The number of amides is 1. The van der Waals surface area contributed by atoms with E-state index < -0.39 is 0 Å². The van der Waals surface area contributed by atoms with Gasteiger partial charge < -0.3 is 10.1 Å². The summed E-state index contributed by atoms with van der Waals surface area (Å²) in [6, 6.07) is 3.73. The number of nitrogens with zero attached hydrogens (tertiary/aromatic N) is 4. The van der Waals surface area contributed by atoms with Crippen molar-refractivity contribution in [3.05, 3.63) is 57.4 Å². The number of aryl methyl sites for hydroxylation is 1. The van der Waals surface area contributed by atoms with E-state index in [4.69, 9.17) is 21.9 Å². The van der Waals surface area contributed by atoms with Crippen molar-refractivity contribution >= 4 is 51.7 Å². The van der Waals surface area contributed by atoms with Crippen molar-refractivity contribution < 1.29 is 9.53 Å². The van der Waals surface area contributed by atoms with Crippen molar-refractivity contribution in [2.45, 2.75) is 13.3 Å². The van der Waals surface area contributed by atoms with Crippen LogP contribution in [0.5, 0.6) is 0 Å². The van der Waals surface area contributed by atoms with Crippen LogP contribution in [0.4, 0.5) is 5.82 Å². The lowest BCUT2D eigenvalue weighted by atomic mass is 10.2. The maximum atomic E-state index is 13.4. The number of hydrogen-bond acceptors (Lipinski definition) is 8. The van der Waals surface area contributed by atoms with Crippen LogP contribution in [-0.4, -0.2) is 75.3 Å². The number of hydrogen-bond donors (Lipinski definition) is 1. The number of nitrogens with one attached hydrogen (secondary N) is 1. The van der Waals surface area contributed by atoms with Gasteiger partial charge in [-0.1, -0.05) is 36.1 Å². The highest BCUT2D eigenvalue weighted by molar-refractivity contribution is 8.26. The van der Waals surface area contributed by atoms with Gasteiger partial charge in [0, 0.05) is 32.4 Å².